The van der Waals surface area contributed by atoms with Gasteiger partial charge in [0, 0.05) is 73.4 Å². The minimum Gasteiger partial charge on any atom is -0.228 e. The quantitative estimate of drug-likeness (QED) is 0.137. The number of nitrogens with zero attached hydrogens (tertiary/aromatic N) is 4. The Morgan fingerprint density at radius 2 is 0.517 bits per heavy atom. The highest BCUT2D eigenvalue weighted by Gasteiger charge is 2.48. The van der Waals surface area contributed by atoms with E-state index in [2.05, 4.69) is 413 Å². The maximum Gasteiger partial charge on any atom is 0.160 e. The third kappa shape index (κ3) is 10.7. The summed E-state index contributed by atoms with van der Waals surface area (Å²) in [6.45, 7) is 0. The molecule has 0 unspecified atom stereocenters. The first-order valence-electron chi connectivity index (χ1n) is 39.6. The molecule has 116 heavy (non-hydrogen) atoms. The van der Waals surface area contributed by atoms with Gasteiger partial charge in [0.25, 0.3) is 0 Å². The van der Waals surface area contributed by atoms with Crippen LogP contribution in [0.1, 0.15) is 44.5 Å². The molecule has 0 saturated heterocycles. The Morgan fingerprint density at radius 3 is 1.00 bits per heavy atom. The van der Waals surface area contributed by atoms with Crippen LogP contribution in [0.3, 0.4) is 0 Å². The van der Waals surface area contributed by atoms with Gasteiger partial charge in [-0.25, -0.2) is 19.9 Å². The summed E-state index contributed by atoms with van der Waals surface area (Å²) in [4.78, 5) is 20.9. The molecule has 0 bridgehead atoms. The summed E-state index contributed by atoms with van der Waals surface area (Å²) in [5, 5.41) is 12.3. The molecular weight excluding hydrogens is 1440 g/mol. The molecule has 4 aromatic heterocycles. The molecule has 0 N–H and O–H groups in total. The van der Waals surface area contributed by atoms with Crippen molar-refractivity contribution in [2.45, 2.75) is 10.8 Å². The molecule has 24 rings (SSSR count). The van der Waals surface area contributed by atoms with Crippen LogP contribution in [0.4, 0.5) is 0 Å². The van der Waals surface area contributed by atoms with Gasteiger partial charge < -0.3 is 0 Å². The zero-order valence-electron chi connectivity index (χ0n) is 62.9. The minimum absolute atomic E-state index is 0.509. The van der Waals surface area contributed by atoms with Crippen molar-refractivity contribution < 1.29 is 0 Å². The van der Waals surface area contributed by atoms with E-state index in [0.717, 1.165) is 55.4 Å². The summed E-state index contributed by atoms with van der Waals surface area (Å²) in [6.07, 6.45) is 0. The van der Waals surface area contributed by atoms with E-state index in [1.165, 1.54) is 151 Å². The fraction of sp³-hybridized carbons (Fsp3) is 0.0182. The van der Waals surface area contributed by atoms with Gasteiger partial charge in [-0.3, -0.25) is 0 Å². The van der Waals surface area contributed by atoms with Gasteiger partial charge in [-0.15, -0.1) is 22.7 Å². The summed E-state index contributed by atoms with van der Waals surface area (Å²) < 4.78 is 5.25. The van der Waals surface area contributed by atoms with Crippen LogP contribution in [0, 0.1) is 0 Å². The Hall–Kier alpha value is -14.4. The number of aromatic nitrogens is 4. The second kappa shape index (κ2) is 27.2. The van der Waals surface area contributed by atoms with E-state index in [4.69, 9.17) is 19.9 Å². The predicted octanol–water partition coefficient (Wildman–Crippen LogP) is 29.0. The Kier molecular flexibility index (Phi) is 15.8. The number of para-hydroxylation sites is 2. The highest BCUT2D eigenvalue weighted by Crippen LogP contribution is 2.59. The third-order valence-corrected chi connectivity index (χ3v) is 26.7. The lowest BCUT2D eigenvalue weighted by Crippen LogP contribution is -2.28. The number of rotatable bonds is 10. The average molecular weight is 1510 g/mol. The van der Waals surface area contributed by atoms with Crippen molar-refractivity contribution >= 4 is 106 Å². The summed E-state index contributed by atoms with van der Waals surface area (Å²) in [5.74, 6) is 1.43. The maximum atomic E-state index is 5.32. The SMILES string of the molecule is c1ccc2c(c1)-c1ccccc1C2(c1ccc(-c2nc(-c3ccc(-c4ccc5ccccc5c4)cc3)c3ccccc3n2)cc1)c1ccc2sc3ccccc3c2c1.c1ccc2c(c1)-c1ccccc1C2(c1ccc(-c2nc(-c3ccc(-c4cccc5ccccc45)cc3)c3ccccc3n2)cc1)c1ccc2sc3ccccc3c2c1. The molecule has 4 heterocycles. The van der Waals surface area contributed by atoms with Gasteiger partial charge in [-0.2, -0.15) is 0 Å². The smallest absolute Gasteiger partial charge is 0.160 e. The Bertz CT molecular complexity index is 7600. The Morgan fingerprint density at radius 1 is 0.181 bits per heavy atom. The van der Waals surface area contributed by atoms with Crippen LogP contribution in [0.5, 0.6) is 0 Å². The molecule has 2 aliphatic rings. The van der Waals surface area contributed by atoms with Gasteiger partial charge in [-0.1, -0.05) is 358 Å². The van der Waals surface area contributed by atoms with Crippen molar-refractivity contribution in [3.63, 3.8) is 0 Å². The van der Waals surface area contributed by atoms with Crippen LogP contribution in [-0.4, -0.2) is 19.9 Å². The van der Waals surface area contributed by atoms with Crippen molar-refractivity contribution in [2.75, 3.05) is 0 Å². The fourth-order valence-corrected chi connectivity index (χ4v) is 21.2. The molecule has 0 atom stereocenters. The number of fused-ring (bicyclic) bond motifs is 16. The van der Waals surface area contributed by atoms with Crippen LogP contribution >= 0.6 is 22.7 Å². The van der Waals surface area contributed by atoms with Gasteiger partial charge in [-0.05, 0) is 165 Å². The van der Waals surface area contributed by atoms with Crippen LogP contribution in [0.25, 0.3) is 173 Å². The van der Waals surface area contributed by atoms with Crippen molar-refractivity contribution in [3.05, 3.63) is 457 Å². The molecule has 2 aliphatic carbocycles. The van der Waals surface area contributed by atoms with Gasteiger partial charge in [0.2, 0.25) is 0 Å². The largest absolute Gasteiger partial charge is 0.228 e. The third-order valence-electron chi connectivity index (χ3n) is 24.4. The lowest BCUT2D eigenvalue weighted by atomic mass is 9.67. The normalized spacial score (nSPS) is 13.0. The first kappa shape index (κ1) is 67.3. The van der Waals surface area contributed by atoms with Crippen molar-refractivity contribution in [1.82, 2.24) is 19.9 Å². The molecule has 0 spiro atoms. The van der Waals surface area contributed by atoms with Crippen molar-refractivity contribution in [1.29, 1.82) is 0 Å². The molecule has 540 valence electrons. The van der Waals surface area contributed by atoms with Crippen molar-refractivity contribution in [3.8, 4) is 89.8 Å². The highest BCUT2D eigenvalue weighted by atomic mass is 32.1. The second-order valence-electron chi connectivity index (χ2n) is 30.5. The van der Waals surface area contributed by atoms with Crippen LogP contribution in [0.15, 0.2) is 413 Å². The van der Waals surface area contributed by atoms with E-state index in [1.54, 1.807) is 0 Å². The zero-order chi connectivity index (χ0) is 76.4. The monoisotopic (exact) mass is 1510 g/mol. The standard InChI is InChI=1S/2C55H34N2S/c1-2-14-41-35(12-1)13-11-19-42(41)36-24-26-37(27-25-36)53-46-18-5-9-22-50(46)56-54(57-53)38-28-30-39(31-29-38)55(48-20-7-3-15-43(48)44-16-4-8-21-49(44)55)40-32-33-52-47(34-40)45-17-6-10-23-51(45)58-52;1-2-12-39-33-40(26-23-35(39)11-1)36-21-24-37(25-22-36)53-46-16-5-9-19-50(46)56-54(57-53)38-27-29-41(30-28-38)55(48-17-7-3-13-43(48)44-14-4-8-18-49(44)55)42-31-32-52-47(34-42)45-15-6-10-20-51(45)58-52/h2*1-34H. The minimum atomic E-state index is -0.510. The van der Waals surface area contributed by atoms with E-state index in [1.807, 2.05) is 22.7 Å². The Balaban J connectivity index is 0.000000137. The number of hydrogen-bond donors (Lipinski definition) is 0. The number of thiophene rings is 2. The lowest BCUT2D eigenvalue weighted by Gasteiger charge is -2.34. The van der Waals surface area contributed by atoms with E-state index < -0.39 is 10.8 Å². The highest BCUT2D eigenvalue weighted by molar-refractivity contribution is 7.26. The summed E-state index contributed by atoms with van der Waals surface area (Å²) >= 11 is 3.73. The first-order valence-corrected chi connectivity index (χ1v) is 41.3. The molecule has 0 fully saturated rings. The summed E-state index contributed by atoms with van der Waals surface area (Å²) in [6, 6.07) is 150. The van der Waals surface area contributed by atoms with Gasteiger partial charge in [0.1, 0.15) is 0 Å². The molecule has 0 aliphatic heterocycles. The van der Waals surface area contributed by atoms with E-state index in [-0.39, 0.29) is 0 Å². The van der Waals surface area contributed by atoms with E-state index >= 15 is 0 Å². The average Bonchev–Trinajstić information content (AvgIpc) is 1.53. The maximum absolute atomic E-state index is 5.32. The molecule has 18 aromatic carbocycles. The molecule has 4 nitrogen and oxygen atoms in total. The van der Waals surface area contributed by atoms with Gasteiger partial charge >= 0.3 is 0 Å². The van der Waals surface area contributed by atoms with E-state index in [0.29, 0.717) is 11.6 Å². The molecule has 6 heteroatoms. The molecule has 22 aromatic rings. The Labute approximate surface area is 679 Å². The fourth-order valence-electron chi connectivity index (χ4n) is 19.0. The van der Waals surface area contributed by atoms with Gasteiger partial charge in [0.05, 0.1) is 33.3 Å². The number of benzene rings is 18. The first-order chi connectivity index (χ1) is 57.5. The van der Waals surface area contributed by atoms with Gasteiger partial charge in [0.15, 0.2) is 11.6 Å². The molecule has 0 amide bonds. The number of hydrogen-bond acceptors (Lipinski definition) is 6. The zero-order valence-corrected chi connectivity index (χ0v) is 64.5. The summed E-state index contributed by atoms with van der Waals surface area (Å²) in [5.41, 5.74) is 26.9. The molecule has 0 saturated carbocycles. The second-order valence-corrected chi connectivity index (χ2v) is 32.7. The van der Waals surface area contributed by atoms with Crippen LogP contribution in [0.2, 0.25) is 0 Å². The van der Waals surface area contributed by atoms with Crippen LogP contribution in [-0.2, 0) is 10.8 Å². The molecular formula is C110H68N4S2. The lowest BCUT2D eigenvalue weighted by molar-refractivity contribution is 0.770. The van der Waals surface area contributed by atoms with E-state index in [9.17, 15) is 0 Å². The van der Waals surface area contributed by atoms with Crippen LogP contribution < -0.4 is 0 Å². The topological polar surface area (TPSA) is 51.6 Å². The summed E-state index contributed by atoms with van der Waals surface area (Å²) in [7, 11) is 0. The van der Waals surface area contributed by atoms with Crippen molar-refractivity contribution in [2.24, 2.45) is 0 Å². The molecule has 0 radical (unpaired) electrons. The predicted molar refractivity (Wildman–Crippen MR) is 487 cm³/mol.